The van der Waals surface area contributed by atoms with Crippen molar-refractivity contribution in [2.24, 2.45) is 5.92 Å². The molecule has 0 fully saturated rings. The van der Waals surface area contributed by atoms with Crippen LogP contribution < -0.4 is 0 Å². The number of hydrogen-bond donors (Lipinski definition) is 0. The Hall–Kier alpha value is -0.530. The zero-order valence-electron chi connectivity index (χ0n) is 12.8. The summed E-state index contributed by atoms with van der Waals surface area (Å²) in [5.74, 6) is 0.00874. The van der Waals surface area contributed by atoms with Crippen molar-refractivity contribution in [2.75, 3.05) is 0 Å². The molecule has 0 aliphatic heterocycles. The van der Waals surface area contributed by atoms with Crippen molar-refractivity contribution >= 4 is 5.97 Å². The molecule has 0 saturated heterocycles. The molecule has 2 nitrogen and oxygen atoms in total. The van der Waals surface area contributed by atoms with Gasteiger partial charge in [-0.1, -0.05) is 59.3 Å². The molecular weight excluding hydrogens is 224 g/mol. The molecule has 0 aromatic carbocycles. The van der Waals surface area contributed by atoms with Crippen LogP contribution in [0.4, 0.5) is 0 Å². The third kappa shape index (κ3) is 9.49. The minimum Gasteiger partial charge on any atom is -0.462 e. The first kappa shape index (κ1) is 17.5. The van der Waals surface area contributed by atoms with E-state index in [4.69, 9.17) is 4.74 Å². The van der Waals surface area contributed by atoms with Gasteiger partial charge in [-0.05, 0) is 26.2 Å². The number of carbonyl (C=O) groups excluding carboxylic acids is 1. The Morgan fingerprint density at radius 2 is 1.50 bits per heavy atom. The van der Waals surface area contributed by atoms with Crippen molar-refractivity contribution in [1.82, 2.24) is 0 Å². The summed E-state index contributed by atoms with van der Waals surface area (Å²) in [6.45, 7) is 8.21. The van der Waals surface area contributed by atoms with Crippen LogP contribution in [-0.2, 0) is 9.53 Å². The zero-order chi connectivity index (χ0) is 13.8. The number of unbranched alkanes of at least 4 members (excludes halogenated alkanes) is 6. The van der Waals surface area contributed by atoms with Crippen LogP contribution >= 0.6 is 0 Å². The highest BCUT2D eigenvalue weighted by molar-refractivity contribution is 5.72. The molecule has 0 aliphatic carbocycles. The minimum absolute atomic E-state index is 0.0343. The van der Waals surface area contributed by atoms with E-state index in [2.05, 4.69) is 6.92 Å². The maximum atomic E-state index is 11.6. The second-order valence-electron chi connectivity index (χ2n) is 5.47. The lowest BCUT2D eigenvalue weighted by molar-refractivity contribution is -0.153. The third-order valence-electron chi connectivity index (χ3n) is 3.55. The van der Waals surface area contributed by atoms with Crippen molar-refractivity contribution in [3.63, 3.8) is 0 Å². The van der Waals surface area contributed by atoms with Gasteiger partial charge in [0, 0.05) is 0 Å². The molecule has 0 radical (unpaired) electrons. The molecule has 108 valence electrons. The summed E-state index contributed by atoms with van der Waals surface area (Å²) in [6.07, 6.45) is 11.1. The summed E-state index contributed by atoms with van der Waals surface area (Å²) in [5, 5.41) is 0. The Morgan fingerprint density at radius 3 is 2.06 bits per heavy atom. The van der Waals surface area contributed by atoms with Gasteiger partial charge in [-0.15, -0.1) is 0 Å². The molecule has 0 aromatic heterocycles. The van der Waals surface area contributed by atoms with Gasteiger partial charge in [-0.3, -0.25) is 4.79 Å². The summed E-state index contributed by atoms with van der Waals surface area (Å²) >= 11 is 0. The van der Waals surface area contributed by atoms with Crippen molar-refractivity contribution < 1.29 is 9.53 Å². The first-order chi connectivity index (χ1) is 8.61. The van der Waals surface area contributed by atoms with Crippen LogP contribution in [0.3, 0.4) is 0 Å². The summed E-state index contributed by atoms with van der Waals surface area (Å²) in [5.41, 5.74) is 0. The molecule has 0 bridgehead atoms. The second kappa shape index (κ2) is 11.6. The Labute approximate surface area is 113 Å². The standard InChI is InChI=1S/C16H32O2/c1-5-7-8-9-10-11-12-13-15(4)18-16(17)14(3)6-2/h14-15H,5-13H2,1-4H3. The molecule has 0 amide bonds. The third-order valence-corrected chi connectivity index (χ3v) is 3.55. The molecule has 2 unspecified atom stereocenters. The molecule has 0 spiro atoms. The van der Waals surface area contributed by atoms with Crippen LogP contribution in [0, 0.1) is 5.92 Å². The number of rotatable bonds is 11. The lowest BCUT2D eigenvalue weighted by atomic mass is 10.1. The molecule has 0 heterocycles. The van der Waals surface area contributed by atoms with Gasteiger partial charge in [0.2, 0.25) is 0 Å². The van der Waals surface area contributed by atoms with E-state index in [1.54, 1.807) is 0 Å². The molecular formula is C16H32O2. The lowest BCUT2D eigenvalue weighted by Gasteiger charge is -2.15. The molecule has 2 heteroatoms. The van der Waals surface area contributed by atoms with Crippen molar-refractivity contribution in [2.45, 2.75) is 91.6 Å². The number of esters is 1. The maximum Gasteiger partial charge on any atom is 0.308 e. The SMILES string of the molecule is CCCCCCCCCC(C)OC(=O)C(C)CC. The smallest absolute Gasteiger partial charge is 0.308 e. The highest BCUT2D eigenvalue weighted by atomic mass is 16.5. The zero-order valence-corrected chi connectivity index (χ0v) is 12.8. The maximum absolute atomic E-state index is 11.6. The Kier molecular flexibility index (Phi) is 11.2. The van der Waals surface area contributed by atoms with Crippen LogP contribution in [0.5, 0.6) is 0 Å². The van der Waals surface area contributed by atoms with E-state index in [0.29, 0.717) is 0 Å². The Bertz CT molecular complexity index is 201. The van der Waals surface area contributed by atoms with Crippen LogP contribution in [0.15, 0.2) is 0 Å². The fraction of sp³-hybridized carbons (Fsp3) is 0.938. The first-order valence-corrected chi connectivity index (χ1v) is 7.82. The van der Waals surface area contributed by atoms with E-state index in [9.17, 15) is 4.79 Å². The fourth-order valence-electron chi connectivity index (χ4n) is 1.93. The fourth-order valence-corrected chi connectivity index (χ4v) is 1.93. The van der Waals surface area contributed by atoms with Gasteiger partial charge in [0.1, 0.15) is 0 Å². The van der Waals surface area contributed by atoms with Crippen LogP contribution in [0.1, 0.15) is 85.5 Å². The Balaban J connectivity index is 3.42. The molecule has 0 N–H and O–H groups in total. The van der Waals surface area contributed by atoms with Crippen LogP contribution in [0.25, 0.3) is 0 Å². The van der Waals surface area contributed by atoms with E-state index in [1.807, 2.05) is 20.8 Å². The van der Waals surface area contributed by atoms with Crippen molar-refractivity contribution in [3.05, 3.63) is 0 Å². The largest absolute Gasteiger partial charge is 0.462 e. The minimum atomic E-state index is -0.0343. The van der Waals surface area contributed by atoms with Gasteiger partial charge in [-0.2, -0.15) is 0 Å². The monoisotopic (exact) mass is 256 g/mol. The van der Waals surface area contributed by atoms with Crippen LogP contribution in [-0.4, -0.2) is 12.1 Å². The van der Waals surface area contributed by atoms with E-state index < -0.39 is 0 Å². The summed E-state index contributed by atoms with van der Waals surface area (Å²) in [7, 11) is 0. The number of carbonyl (C=O) groups is 1. The van der Waals surface area contributed by atoms with Gasteiger partial charge < -0.3 is 4.74 Å². The molecule has 0 saturated carbocycles. The van der Waals surface area contributed by atoms with Gasteiger partial charge in [0.15, 0.2) is 0 Å². The number of ether oxygens (including phenoxy) is 1. The summed E-state index contributed by atoms with van der Waals surface area (Å²) < 4.78 is 5.41. The second-order valence-corrected chi connectivity index (χ2v) is 5.47. The average Bonchev–Trinajstić information content (AvgIpc) is 2.36. The van der Waals surface area contributed by atoms with E-state index in [1.165, 1.54) is 44.9 Å². The summed E-state index contributed by atoms with van der Waals surface area (Å²) in [6, 6.07) is 0. The molecule has 0 aromatic rings. The predicted molar refractivity (Wildman–Crippen MR) is 77.6 cm³/mol. The molecule has 0 aliphatic rings. The molecule has 18 heavy (non-hydrogen) atoms. The highest BCUT2D eigenvalue weighted by Crippen LogP contribution is 2.13. The predicted octanol–water partition coefficient (Wildman–Crippen LogP) is 5.10. The van der Waals surface area contributed by atoms with E-state index in [0.717, 1.165) is 12.8 Å². The quantitative estimate of drug-likeness (QED) is 0.379. The van der Waals surface area contributed by atoms with Gasteiger partial charge in [0.05, 0.1) is 12.0 Å². The van der Waals surface area contributed by atoms with E-state index >= 15 is 0 Å². The van der Waals surface area contributed by atoms with Crippen molar-refractivity contribution in [1.29, 1.82) is 0 Å². The molecule has 0 rings (SSSR count). The number of hydrogen-bond acceptors (Lipinski definition) is 2. The summed E-state index contributed by atoms with van der Waals surface area (Å²) in [4.78, 5) is 11.6. The first-order valence-electron chi connectivity index (χ1n) is 7.82. The molecule has 2 atom stereocenters. The normalized spacial score (nSPS) is 14.2. The Morgan fingerprint density at radius 1 is 0.944 bits per heavy atom. The topological polar surface area (TPSA) is 26.3 Å². The van der Waals surface area contributed by atoms with Gasteiger partial charge >= 0.3 is 5.97 Å². The van der Waals surface area contributed by atoms with Crippen molar-refractivity contribution in [3.8, 4) is 0 Å². The lowest BCUT2D eigenvalue weighted by Crippen LogP contribution is -2.20. The van der Waals surface area contributed by atoms with Gasteiger partial charge in [-0.25, -0.2) is 0 Å². The highest BCUT2D eigenvalue weighted by Gasteiger charge is 2.15. The van der Waals surface area contributed by atoms with Gasteiger partial charge in [0.25, 0.3) is 0 Å². The van der Waals surface area contributed by atoms with Crippen LogP contribution in [0.2, 0.25) is 0 Å². The van der Waals surface area contributed by atoms with E-state index in [-0.39, 0.29) is 18.0 Å². The average molecular weight is 256 g/mol.